The van der Waals surface area contributed by atoms with Crippen LogP contribution < -0.4 is 20.3 Å². The molecule has 1 N–H and O–H groups in total. The van der Waals surface area contributed by atoms with Gasteiger partial charge in [-0.05, 0) is 55.7 Å². The second-order valence-corrected chi connectivity index (χ2v) is 7.28. The number of nitrogens with zero attached hydrogens (tertiary/aromatic N) is 2. The van der Waals surface area contributed by atoms with E-state index in [2.05, 4.69) is 10.4 Å². The van der Waals surface area contributed by atoms with E-state index in [1.807, 2.05) is 39.0 Å². The van der Waals surface area contributed by atoms with E-state index >= 15 is 0 Å². The molecule has 1 atom stereocenters. The van der Waals surface area contributed by atoms with Gasteiger partial charge in [-0.3, -0.25) is 9.59 Å². The summed E-state index contributed by atoms with van der Waals surface area (Å²) in [6, 6.07) is 13.6. The average molecular weight is 405 g/mol. The fraction of sp³-hybridized carbons (Fsp3) is 0.261. The molecule has 2 heterocycles. The van der Waals surface area contributed by atoms with Crippen molar-refractivity contribution in [1.82, 2.24) is 9.78 Å². The largest absolute Gasteiger partial charge is 0.454 e. The van der Waals surface area contributed by atoms with Gasteiger partial charge < -0.3 is 14.8 Å². The van der Waals surface area contributed by atoms with Gasteiger partial charge in [0.2, 0.25) is 12.7 Å². The van der Waals surface area contributed by atoms with Crippen molar-refractivity contribution in [3.05, 3.63) is 70.0 Å². The zero-order chi connectivity index (χ0) is 21.3. The van der Waals surface area contributed by atoms with Crippen LogP contribution in [0.15, 0.2) is 53.3 Å². The highest BCUT2D eigenvalue weighted by molar-refractivity contribution is 5.94. The van der Waals surface area contributed by atoms with E-state index in [-0.39, 0.29) is 18.3 Å². The lowest BCUT2D eigenvalue weighted by molar-refractivity contribution is -0.119. The summed E-state index contributed by atoms with van der Waals surface area (Å²) in [5.74, 6) is 0.898. The van der Waals surface area contributed by atoms with Gasteiger partial charge in [0.1, 0.15) is 6.04 Å². The monoisotopic (exact) mass is 405 g/mol. The average Bonchev–Trinajstić information content (AvgIpc) is 3.20. The van der Waals surface area contributed by atoms with Gasteiger partial charge in [-0.2, -0.15) is 5.10 Å². The predicted octanol–water partition coefficient (Wildman–Crippen LogP) is 3.85. The van der Waals surface area contributed by atoms with Gasteiger partial charge in [-0.25, -0.2) is 4.68 Å². The van der Waals surface area contributed by atoms with E-state index in [4.69, 9.17) is 9.47 Å². The molecule has 7 nitrogen and oxygen atoms in total. The fourth-order valence-corrected chi connectivity index (χ4v) is 3.37. The summed E-state index contributed by atoms with van der Waals surface area (Å²) in [4.78, 5) is 25.5. The molecule has 0 saturated carbocycles. The highest BCUT2D eigenvalue weighted by Gasteiger charge is 2.22. The first-order valence-corrected chi connectivity index (χ1v) is 9.84. The standard InChI is InChI=1S/C23H23N3O4/c1-4-19(23(28)24-17-7-9-20-21(12-17)30-13-29-20)26-22(27)10-8-18(25-26)16-6-5-14(2)15(3)11-16/h5-12,19H,4,13H2,1-3H3,(H,24,28)/t19-/m0/s1. The van der Waals surface area contributed by atoms with Crippen molar-refractivity contribution < 1.29 is 14.3 Å². The molecule has 30 heavy (non-hydrogen) atoms. The number of fused-ring (bicyclic) bond motifs is 1. The molecule has 4 rings (SSSR count). The molecule has 0 fully saturated rings. The molecule has 7 heteroatoms. The Balaban J connectivity index is 1.62. The van der Waals surface area contributed by atoms with Gasteiger partial charge in [0, 0.05) is 23.4 Å². The van der Waals surface area contributed by atoms with Gasteiger partial charge in [0.25, 0.3) is 5.56 Å². The minimum absolute atomic E-state index is 0.162. The van der Waals surface area contributed by atoms with E-state index in [1.165, 1.54) is 16.3 Å². The third kappa shape index (κ3) is 3.78. The lowest BCUT2D eigenvalue weighted by Crippen LogP contribution is -2.34. The number of hydrogen-bond donors (Lipinski definition) is 1. The first kappa shape index (κ1) is 19.7. The van der Waals surface area contributed by atoms with Crippen molar-refractivity contribution in [2.75, 3.05) is 12.1 Å². The Kier molecular flexibility index (Phi) is 5.27. The van der Waals surface area contributed by atoms with E-state index in [0.717, 1.165) is 11.1 Å². The van der Waals surface area contributed by atoms with E-state index in [0.29, 0.717) is 29.3 Å². The minimum atomic E-state index is -0.741. The molecule has 1 aromatic heterocycles. The van der Waals surface area contributed by atoms with Crippen molar-refractivity contribution >= 4 is 11.6 Å². The number of amides is 1. The Morgan fingerprint density at radius 2 is 1.87 bits per heavy atom. The topological polar surface area (TPSA) is 82.4 Å². The number of aromatic nitrogens is 2. The van der Waals surface area contributed by atoms with E-state index in [9.17, 15) is 9.59 Å². The molecular weight excluding hydrogens is 382 g/mol. The zero-order valence-electron chi connectivity index (χ0n) is 17.1. The van der Waals surface area contributed by atoms with E-state index in [1.54, 1.807) is 24.3 Å². The molecular formula is C23H23N3O4. The SMILES string of the molecule is CC[C@@H](C(=O)Nc1ccc2c(c1)OCO2)n1nc(-c2ccc(C)c(C)c2)ccc1=O. The van der Waals surface area contributed by atoms with Crippen LogP contribution in [0.1, 0.15) is 30.5 Å². The van der Waals surface area contributed by atoms with Crippen LogP contribution in [0.5, 0.6) is 11.5 Å². The first-order valence-electron chi connectivity index (χ1n) is 9.84. The Morgan fingerprint density at radius 3 is 2.63 bits per heavy atom. The molecule has 3 aromatic rings. The lowest BCUT2D eigenvalue weighted by Gasteiger charge is -2.18. The van der Waals surface area contributed by atoms with Gasteiger partial charge >= 0.3 is 0 Å². The number of hydrogen-bond acceptors (Lipinski definition) is 5. The van der Waals surface area contributed by atoms with Crippen LogP contribution in [0, 0.1) is 13.8 Å². The Bertz CT molecular complexity index is 1170. The Hall–Kier alpha value is -3.61. The van der Waals surface area contributed by atoms with Crippen LogP contribution in [-0.4, -0.2) is 22.5 Å². The second kappa shape index (κ2) is 8.02. The van der Waals surface area contributed by atoms with Crippen LogP contribution in [-0.2, 0) is 4.79 Å². The molecule has 1 aliphatic rings. The third-order valence-electron chi connectivity index (χ3n) is 5.25. The highest BCUT2D eigenvalue weighted by atomic mass is 16.7. The fourth-order valence-electron chi connectivity index (χ4n) is 3.37. The van der Waals surface area contributed by atoms with Crippen molar-refractivity contribution in [2.45, 2.75) is 33.2 Å². The first-order chi connectivity index (χ1) is 14.5. The smallest absolute Gasteiger partial charge is 0.267 e. The molecule has 1 aliphatic heterocycles. The molecule has 0 unspecified atom stereocenters. The van der Waals surface area contributed by atoms with Crippen LogP contribution in [0.3, 0.4) is 0 Å². The maximum atomic E-state index is 13.0. The quantitative estimate of drug-likeness (QED) is 0.697. The van der Waals surface area contributed by atoms with Crippen LogP contribution in [0.4, 0.5) is 5.69 Å². The number of aryl methyl sites for hydroxylation is 2. The number of ether oxygens (including phenoxy) is 2. The number of nitrogens with one attached hydrogen (secondary N) is 1. The van der Waals surface area contributed by atoms with Crippen LogP contribution >= 0.6 is 0 Å². The minimum Gasteiger partial charge on any atom is -0.454 e. The summed E-state index contributed by atoms with van der Waals surface area (Å²) >= 11 is 0. The molecule has 0 aliphatic carbocycles. The Labute approximate surface area is 174 Å². The summed E-state index contributed by atoms with van der Waals surface area (Å²) in [5, 5.41) is 7.35. The molecule has 0 bridgehead atoms. The molecule has 0 radical (unpaired) electrons. The van der Waals surface area contributed by atoms with Crippen molar-refractivity contribution in [3.8, 4) is 22.8 Å². The summed E-state index contributed by atoms with van der Waals surface area (Å²) in [6.45, 7) is 6.08. The summed E-state index contributed by atoms with van der Waals surface area (Å²) in [6.07, 6.45) is 0.416. The van der Waals surface area contributed by atoms with Crippen molar-refractivity contribution in [3.63, 3.8) is 0 Å². The zero-order valence-corrected chi connectivity index (χ0v) is 17.1. The van der Waals surface area contributed by atoms with Gasteiger partial charge in [0.15, 0.2) is 11.5 Å². The van der Waals surface area contributed by atoms with E-state index < -0.39 is 6.04 Å². The molecule has 2 aromatic carbocycles. The third-order valence-corrected chi connectivity index (χ3v) is 5.25. The number of anilines is 1. The molecule has 0 saturated heterocycles. The summed E-state index contributed by atoms with van der Waals surface area (Å²) in [5.41, 5.74) is 4.11. The van der Waals surface area contributed by atoms with Crippen LogP contribution in [0.25, 0.3) is 11.3 Å². The Morgan fingerprint density at radius 1 is 1.07 bits per heavy atom. The number of benzene rings is 2. The van der Waals surface area contributed by atoms with Crippen molar-refractivity contribution in [2.24, 2.45) is 0 Å². The number of carbonyl (C=O) groups excluding carboxylic acids is 1. The normalized spacial score (nSPS) is 13.2. The van der Waals surface area contributed by atoms with Crippen LogP contribution in [0.2, 0.25) is 0 Å². The molecule has 1 amide bonds. The van der Waals surface area contributed by atoms with Crippen molar-refractivity contribution in [1.29, 1.82) is 0 Å². The predicted molar refractivity (Wildman–Crippen MR) is 114 cm³/mol. The van der Waals surface area contributed by atoms with Gasteiger partial charge in [-0.15, -0.1) is 0 Å². The van der Waals surface area contributed by atoms with Gasteiger partial charge in [-0.1, -0.05) is 19.1 Å². The highest BCUT2D eigenvalue weighted by Crippen LogP contribution is 2.34. The number of carbonyl (C=O) groups is 1. The molecule has 154 valence electrons. The molecule has 0 spiro atoms. The second-order valence-electron chi connectivity index (χ2n) is 7.28. The van der Waals surface area contributed by atoms with Gasteiger partial charge in [0.05, 0.1) is 5.69 Å². The maximum absolute atomic E-state index is 13.0. The summed E-state index contributed by atoms with van der Waals surface area (Å²) in [7, 11) is 0. The lowest BCUT2D eigenvalue weighted by atomic mass is 10.0. The summed E-state index contributed by atoms with van der Waals surface area (Å²) < 4.78 is 11.9. The maximum Gasteiger partial charge on any atom is 0.267 e. The number of rotatable bonds is 5.